The molecule has 1 aromatic heterocycles. The van der Waals surface area contributed by atoms with E-state index in [2.05, 4.69) is 10.2 Å². The molecule has 1 N–H and O–H groups in total. The molecule has 1 aliphatic rings. The highest BCUT2D eigenvalue weighted by Gasteiger charge is 2.50. The van der Waals surface area contributed by atoms with Crippen LogP contribution in [0.25, 0.3) is 0 Å². The van der Waals surface area contributed by atoms with Crippen molar-refractivity contribution >= 4 is 17.6 Å². The van der Waals surface area contributed by atoms with Crippen LogP contribution in [-0.4, -0.2) is 32.4 Å². The lowest BCUT2D eigenvalue weighted by molar-refractivity contribution is -0.135. The molecule has 0 radical (unpaired) electrons. The van der Waals surface area contributed by atoms with Crippen molar-refractivity contribution in [1.82, 2.24) is 14.8 Å². The van der Waals surface area contributed by atoms with Gasteiger partial charge in [-0.15, -0.1) is 10.2 Å². The van der Waals surface area contributed by atoms with Crippen LogP contribution in [0.3, 0.4) is 0 Å². The zero-order chi connectivity index (χ0) is 19.0. The van der Waals surface area contributed by atoms with Gasteiger partial charge in [0.15, 0.2) is 0 Å². The summed E-state index contributed by atoms with van der Waals surface area (Å²) in [6.07, 6.45) is 1.80. The van der Waals surface area contributed by atoms with Gasteiger partial charge in [-0.3, -0.25) is 14.3 Å². The van der Waals surface area contributed by atoms with Gasteiger partial charge in [0, 0.05) is 12.7 Å². The third-order valence-corrected chi connectivity index (χ3v) is 5.03. The van der Waals surface area contributed by atoms with Crippen molar-refractivity contribution in [2.75, 3.05) is 11.4 Å². The molecular weight excluding hydrogens is 347 g/mol. The van der Waals surface area contributed by atoms with Crippen LogP contribution in [0.1, 0.15) is 24.2 Å². The van der Waals surface area contributed by atoms with E-state index in [9.17, 15) is 14.3 Å². The molecule has 6 nitrogen and oxygen atoms in total. The van der Waals surface area contributed by atoms with E-state index in [4.69, 9.17) is 0 Å². The Balaban J connectivity index is 1.75. The maximum absolute atomic E-state index is 13.3. The lowest BCUT2D eigenvalue weighted by Crippen LogP contribution is -2.28. The Labute approximate surface area is 155 Å². The number of aromatic nitrogens is 3. The number of hydrogen-bond donors (Lipinski definition) is 1. The van der Waals surface area contributed by atoms with Crippen LogP contribution in [0.2, 0.25) is 0 Å². The fourth-order valence-electron chi connectivity index (χ4n) is 3.53. The lowest BCUT2D eigenvalue weighted by Gasteiger charge is -2.22. The average molecular weight is 366 g/mol. The van der Waals surface area contributed by atoms with Crippen LogP contribution >= 0.6 is 0 Å². The Hall–Kier alpha value is -3.22. The van der Waals surface area contributed by atoms with E-state index in [1.807, 2.05) is 41.9 Å². The molecule has 7 heteroatoms. The third-order valence-electron chi connectivity index (χ3n) is 5.03. The van der Waals surface area contributed by atoms with Gasteiger partial charge in [0.1, 0.15) is 18.2 Å². The number of anilines is 2. The Morgan fingerprint density at radius 1 is 1.15 bits per heavy atom. The van der Waals surface area contributed by atoms with Crippen molar-refractivity contribution in [3.05, 3.63) is 71.8 Å². The number of aliphatic carboxylic acids is 1. The highest BCUT2D eigenvalue weighted by Crippen LogP contribution is 2.53. The highest BCUT2D eigenvalue weighted by molar-refractivity contribution is 5.77. The number of carbonyl (C=O) groups is 1. The van der Waals surface area contributed by atoms with E-state index in [-0.39, 0.29) is 17.8 Å². The molecule has 2 aromatic carbocycles. The number of carboxylic acids is 1. The van der Waals surface area contributed by atoms with Gasteiger partial charge < -0.3 is 5.11 Å². The predicted molar refractivity (Wildman–Crippen MR) is 98.5 cm³/mol. The first-order valence-electron chi connectivity index (χ1n) is 8.71. The summed E-state index contributed by atoms with van der Waals surface area (Å²) in [7, 11) is 1.84. The summed E-state index contributed by atoms with van der Waals surface area (Å²) in [4.78, 5) is 13.0. The van der Waals surface area contributed by atoms with Crippen LogP contribution < -0.4 is 4.90 Å². The van der Waals surface area contributed by atoms with E-state index in [0.717, 1.165) is 29.9 Å². The van der Waals surface area contributed by atoms with Gasteiger partial charge in [0.05, 0.1) is 5.41 Å². The van der Waals surface area contributed by atoms with Crippen molar-refractivity contribution < 1.29 is 14.3 Å². The SMILES string of the molecule is Cn1c(N(CC(=O)O)c2ccccc2)nnc1C1(c2ccc(F)cc2)CC1. The van der Waals surface area contributed by atoms with Gasteiger partial charge >= 0.3 is 5.97 Å². The van der Waals surface area contributed by atoms with Crippen molar-refractivity contribution in [3.8, 4) is 0 Å². The van der Waals surface area contributed by atoms with Gasteiger partial charge in [-0.2, -0.15) is 0 Å². The van der Waals surface area contributed by atoms with Crippen molar-refractivity contribution in [1.29, 1.82) is 0 Å². The number of carboxylic acid groups (broad SMARTS) is 1. The Kier molecular flexibility index (Phi) is 4.14. The van der Waals surface area contributed by atoms with E-state index >= 15 is 0 Å². The quantitative estimate of drug-likeness (QED) is 0.725. The fourth-order valence-corrected chi connectivity index (χ4v) is 3.53. The molecule has 4 rings (SSSR count). The maximum atomic E-state index is 13.3. The summed E-state index contributed by atoms with van der Waals surface area (Å²) in [5.74, 6) is -0.00426. The number of nitrogens with zero attached hydrogens (tertiary/aromatic N) is 4. The van der Waals surface area contributed by atoms with E-state index < -0.39 is 5.97 Å². The van der Waals surface area contributed by atoms with Gasteiger partial charge in [-0.05, 0) is 42.7 Å². The van der Waals surface area contributed by atoms with E-state index in [1.165, 1.54) is 12.1 Å². The Morgan fingerprint density at radius 2 is 1.81 bits per heavy atom. The molecule has 1 aliphatic carbocycles. The highest BCUT2D eigenvalue weighted by atomic mass is 19.1. The summed E-state index contributed by atoms with van der Waals surface area (Å²) < 4.78 is 15.1. The van der Waals surface area contributed by atoms with Gasteiger partial charge in [-0.25, -0.2) is 4.39 Å². The topological polar surface area (TPSA) is 71.2 Å². The predicted octanol–water partition coefficient (Wildman–Crippen LogP) is 3.26. The molecule has 1 saturated carbocycles. The average Bonchev–Trinajstić information content (AvgIpc) is 3.38. The molecule has 138 valence electrons. The molecular formula is C20H19FN4O2. The summed E-state index contributed by atoms with van der Waals surface area (Å²) in [6, 6.07) is 15.7. The molecule has 0 aliphatic heterocycles. The molecule has 1 fully saturated rings. The van der Waals surface area contributed by atoms with Crippen LogP contribution in [0.15, 0.2) is 54.6 Å². The largest absolute Gasteiger partial charge is 0.480 e. The molecule has 27 heavy (non-hydrogen) atoms. The number of hydrogen-bond acceptors (Lipinski definition) is 4. The molecule has 0 spiro atoms. The van der Waals surface area contributed by atoms with Crippen LogP contribution in [-0.2, 0) is 17.3 Å². The molecule has 0 atom stereocenters. The number of rotatable bonds is 6. The molecule has 1 heterocycles. The minimum absolute atomic E-state index is 0.223. The molecule has 0 unspecified atom stereocenters. The minimum Gasteiger partial charge on any atom is -0.480 e. The standard InChI is InChI=1S/C20H19FN4O2/c1-24-18(20(11-12-20)14-7-9-15(21)10-8-14)22-23-19(24)25(13-17(26)27)16-5-3-2-4-6-16/h2-10H,11-13H2,1H3,(H,26,27). The molecule has 0 saturated heterocycles. The molecule has 0 bridgehead atoms. The van der Waals surface area contributed by atoms with Gasteiger partial charge in [-0.1, -0.05) is 30.3 Å². The number of benzene rings is 2. The zero-order valence-electron chi connectivity index (χ0n) is 14.8. The van der Waals surface area contributed by atoms with Crippen molar-refractivity contribution in [3.63, 3.8) is 0 Å². The summed E-state index contributed by atoms with van der Waals surface area (Å²) >= 11 is 0. The first-order valence-corrected chi connectivity index (χ1v) is 8.71. The normalized spacial score (nSPS) is 14.7. The minimum atomic E-state index is -0.955. The van der Waals surface area contributed by atoms with Crippen LogP contribution in [0, 0.1) is 5.82 Å². The van der Waals surface area contributed by atoms with Gasteiger partial charge in [0.25, 0.3) is 0 Å². The summed E-state index contributed by atoms with van der Waals surface area (Å²) in [5.41, 5.74) is 1.43. The molecule has 0 amide bonds. The van der Waals surface area contributed by atoms with E-state index in [0.29, 0.717) is 5.95 Å². The Bertz CT molecular complexity index is 965. The monoisotopic (exact) mass is 366 g/mol. The van der Waals surface area contributed by atoms with Crippen LogP contribution in [0.5, 0.6) is 0 Å². The van der Waals surface area contributed by atoms with Crippen LogP contribution in [0.4, 0.5) is 16.0 Å². The van der Waals surface area contributed by atoms with Gasteiger partial charge in [0.2, 0.25) is 5.95 Å². The summed E-state index contributed by atoms with van der Waals surface area (Å²) in [6.45, 7) is -0.223. The first-order chi connectivity index (χ1) is 13.0. The third kappa shape index (κ3) is 3.05. The first kappa shape index (κ1) is 17.2. The Morgan fingerprint density at radius 3 is 2.41 bits per heavy atom. The lowest BCUT2D eigenvalue weighted by atomic mass is 9.95. The van der Waals surface area contributed by atoms with E-state index in [1.54, 1.807) is 17.0 Å². The zero-order valence-corrected chi connectivity index (χ0v) is 14.8. The summed E-state index contributed by atoms with van der Waals surface area (Å²) in [5, 5.41) is 18.0. The smallest absolute Gasteiger partial charge is 0.323 e. The maximum Gasteiger partial charge on any atom is 0.323 e. The van der Waals surface area contributed by atoms with Crippen molar-refractivity contribution in [2.45, 2.75) is 18.3 Å². The number of halogens is 1. The fraction of sp³-hybridized carbons (Fsp3) is 0.250. The number of para-hydroxylation sites is 1. The van der Waals surface area contributed by atoms with Crippen molar-refractivity contribution in [2.24, 2.45) is 7.05 Å². The molecule has 3 aromatic rings. The second-order valence-electron chi connectivity index (χ2n) is 6.79. The second kappa shape index (κ2) is 6.50. The second-order valence-corrected chi connectivity index (χ2v) is 6.79.